The fraction of sp³-hybridized carbons (Fsp3) is 0.500. The van der Waals surface area contributed by atoms with Crippen LogP contribution in [0.1, 0.15) is 13.8 Å². The van der Waals surface area contributed by atoms with Crippen LogP contribution in [0.15, 0.2) is 0 Å². The summed E-state index contributed by atoms with van der Waals surface area (Å²) in [5.41, 5.74) is 0. The second-order valence-electron chi connectivity index (χ2n) is 0.607. The van der Waals surface area contributed by atoms with Crippen LogP contribution < -0.4 is 0 Å². The van der Waals surface area contributed by atoms with E-state index >= 15 is 0 Å². The van der Waals surface area contributed by atoms with E-state index in [2.05, 4.69) is 0 Å². The molecular formula is C4H9AtS. The molecule has 0 rings (SSSR count). The average Bonchev–Trinajstić information content (AvgIpc) is 1.41. The molecule has 0 atom stereocenters. The number of hydrogen-bond donors (Lipinski definition) is 0. The third-order valence-corrected chi connectivity index (χ3v) is 0.816. The molecule has 0 fully saturated rings. The summed E-state index contributed by atoms with van der Waals surface area (Å²) in [6.45, 7) is 4.04. The predicted octanol–water partition coefficient (Wildman–Crippen LogP) is 1.10. The van der Waals surface area contributed by atoms with Crippen LogP contribution in [0.2, 0.25) is 0 Å². The standard InChI is InChI=1S/C4H8S.AtH/c1-3-5-4-2;/h3-4H,1-2H3;1H. The molecule has 0 spiro atoms. The Bertz CT molecular complexity index is 55.9. The summed E-state index contributed by atoms with van der Waals surface area (Å²) in [5.74, 6) is 0. The van der Waals surface area contributed by atoms with Gasteiger partial charge in [-0.3, -0.25) is 0 Å². The summed E-state index contributed by atoms with van der Waals surface area (Å²) >= 11 is 0. The van der Waals surface area contributed by atoms with E-state index in [1.807, 2.05) is 24.6 Å². The van der Waals surface area contributed by atoms with Crippen molar-refractivity contribution in [2.75, 3.05) is 0 Å². The van der Waals surface area contributed by atoms with E-state index in [0.717, 1.165) is 0 Å². The Morgan fingerprint density at radius 3 is 1.50 bits per heavy atom. The molecular weight excluding hydrogens is 290 g/mol. The van der Waals surface area contributed by atoms with Gasteiger partial charge in [0.25, 0.3) is 0 Å². The molecule has 0 heterocycles. The van der Waals surface area contributed by atoms with Crippen molar-refractivity contribution in [2.45, 2.75) is 13.8 Å². The van der Waals surface area contributed by atoms with Crippen molar-refractivity contribution in [2.24, 2.45) is 0 Å². The second kappa shape index (κ2) is 9.28. The molecule has 0 aromatic rings. The van der Waals surface area contributed by atoms with E-state index in [1.165, 1.54) is 0 Å². The third kappa shape index (κ3) is 8.85. The van der Waals surface area contributed by atoms with E-state index in [-0.39, 0.29) is 26.2 Å². The SMILES string of the molecule is CC=S=CC.[AtH]. The molecule has 0 N–H and O–H groups in total. The van der Waals surface area contributed by atoms with Crippen molar-refractivity contribution in [3.63, 3.8) is 0 Å². The van der Waals surface area contributed by atoms with Gasteiger partial charge in [0.05, 0.1) is 0 Å². The fourth-order valence-corrected chi connectivity index (χ4v) is 0.408. The van der Waals surface area contributed by atoms with Crippen molar-refractivity contribution in [1.29, 1.82) is 0 Å². The van der Waals surface area contributed by atoms with E-state index in [0.29, 0.717) is 0 Å². The first kappa shape index (κ1) is 9.96. The molecule has 0 nitrogen and oxygen atoms in total. The topological polar surface area (TPSA) is 0 Å². The van der Waals surface area contributed by atoms with E-state index < -0.39 is 0 Å². The Morgan fingerprint density at radius 2 is 1.50 bits per heavy atom. The molecule has 0 aromatic carbocycles. The molecule has 0 aromatic heterocycles. The summed E-state index contributed by atoms with van der Waals surface area (Å²) in [6, 6.07) is 0. The van der Waals surface area contributed by atoms with Crippen LogP contribution in [0.25, 0.3) is 0 Å². The van der Waals surface area contributed by atoms with E-state index in [4.69, 9.17) is 0 Å². The van der Waals surface area contributed by atoms with Gasteiger partial charge in [-0.2, -0.15) is 10.9 Å². The summed E-state index contributed by atoms with van der Waals surface area (Å²) < 4.78 is 0. The van der Waals surface area contributed by atoms with Gasteiger partial charge >= 0.3 is 26.2 Å². The molecule has 0 bridgehead atoms. The van der Waals surface area contributed by atoms with Crippen molar-refractivity contribution in [1.82, 2.24) is 0 Å². The summed E-state index contributed by atoms with van der Waals surface area (Å²) in [4.78, 5) is 0. The van der Waals surface area contributed by atoms with Crippen molar-refractivity contribution in [3.8, 4) is 0 Å². The number of hydrogen-bond acceptors (Lipinski definition) is 0. The van der Waals surface area contributed by atoms with Crippen LogP contribution in [0, 0.1) is 26.2 Å². The van der Waals surface area contributed by atoms with Gasteiger partial charge in [-0.15, -0.1) is 0 Å². The first-order chi connectivity index (χ1) is 2.41. The molecule has 0 aliphatic rings. The fourth-order valence-electron chi connectivity index (χ4n) is 0.136. The summed E-state index contributed by atoms with van der Waals surface area (Å²) in [6.07, 6.45) is 0. The van der Waals surface area contributed by atoms with Crippen LogP contribution in [0.4, 0.5) is 0 Å². The summed E-state index contributed by atoms with van der Waals surface area (Å²) in [5, 5.41) is 4.08. The zero-order valence-electron chi connectivity index (χ0n) is 3.97. The molecule has 0 saturated carbocycles. The van der Waals surface area contributed by atoms with Crippen LogP contribution >= 0.6 is 10.9 Å². The Kier molecular flexibility index (Phi) is 15.4. The van der Waals surface area contributed by atoms with E-state index in [1.54, 1.807) is 10.9 Å². The Morgan fingerprint density at radius 1 is 1.17 bits per heavy atom. The molecule has 6 heavy (non-hydrogen) atoms. The van der Waals surface area contributed by atoms with Gasteiger partial charge in [0.1, 0.15) is 0 Å². The molecule has 0 aliphatic heterocycles. The molecule has 0 amide bonds. The predicted molar refractivity (Wildman–Crippen MR) is 32.5 cm³/mol. The van der Waals surface area contributed by atoms with Crippen molar-refractivity contribution >= 4 is 21.7 Å². The van der Waals surface area contributed by atoms with Gasteiger partial charge in [0.15, 0.2) is 0 Å². The van der Waals surface area contributed by atoms with Gasteiger partial charge in [-0.05, 0) is 24.6 Å². The normalized spacial score (nSPS) is 5.00. The van der Waals surface area contributed by atoms with Crippen LogP contribution in [-0.4, -0.2) is 10.7 Å². The zero-order valence-corrected chi connectivity index (χ0v) is 7.96. The zero-order chi connectivity index (χ0) is 4.12. The summed E-state index contributed by atoms with van der Waals surface area (Å²) in [7, 11) is 1.71. The van der Waals surface area contributed by atoms with Gasteiger partial charge in [-0.1, -0.05) is 0 Å². The second-order valence-corrected chi connectivity index (χ2v) is 1.82. The quantitative estimate of drug-likeness (QED) is 0.588. The Hall–Kier alpha value is 0.843. The number of rotatable bonds is 0. The molecule has 0 saturated heterocycles. The van der Waals surface area contributed by atoms with E-state index in [9.17, 15) is 0 Å². The molecule has 38 valence electrons. The molecule has 0 radical (unpaired) electrons. The van der Waals surface area contributed by atoms with Crippen molar-refractivity contribution in [3.05, 3.63) is 0 Å². The van der Waals surface area contributed by atoms with Gasteiger partial charge < -0.3 is 0 Å². The van der Waals surface area contributed by atoms with Gasteiger partial charge in [0, 0.05) is 0 Å². The van der Waals surface area contributed by atoms with Gasteiger partial charge in [0.2, 0.25) is 0 Å². The first-order valence-corrected chi connectivity index (χ1v) is 2.57. The first-order valence-electron chi connectivity index (χ1n) is 1.63. The average molecular weight is 299 g/mol. The minimum absolute atomic E-state index is 0. The molecule has 0 aliphatic carbocycles. The monoisotopic (exact) mass is 299 g/mol. The maximum atomic E-state index is 2.04. The van der Waals surface area contributed by atoms with Crippen LogP contribution in [0.5, 0.6) is 0 Å². The molecule has 0 unspecified atom stereocenters. The Balaban J connectivity index is 0. The van der Waals surface area contributed by atoms with Crippen LogP contribution in [-0.2, 0) is 0 Å². The molecule has 2 heteroatoms. The van der Waals surface area contributed by atoms with Crippen LogP contribution in [0.3, 0.4) is 0 Å². The Labute approximate surface area is 61.6 Å². The van der Waals surface area contributed by atoms with Crippen molar-refractivity contribution < 1.29 is 26.2 Å². The maximum absolute atomic E-state index is 2.04. The third-order valence-electron chi connectivity index (χ3n) is 0.272. The minimum atomic E-state index is 0. The van der Waals surface area contributed by atoms with Gasteiger partial charge in [-0.25, -0.2) is 0 Å².